The van der Waals surface area contributed by atoms with Crippen molar-refractivity contribution >= 4 is 17.5 Å². The SMILES string of the molecule is CNC(=O)CC[C@@H]1CCCN(c2cc(NC3CC3)ncn2)C1. The largest absolute Gasteiger partial charge is 0.367 e. The number of piperidine rings is 1. The average Bonchev–Trinajstić information content (AvgIpc) is 3.37. The van der Waals surface area contributed by atoms with Crippen molar-refractivity contribution in [3.05, 3.63) is 12.4 Å². The molecule has 0 aromatic carbocycles. The van der Waals surface area contributed by atoms with Crippen molar-refractivity contribution in [3.8, 4) is 0 Å². The van der Waals surface area contributed by atoms with E-state index in [2.05, 4.69) is 31.6 Å². The molecule has 2 N–H and O–H groups in total. The summed E-state index contributed by atoms with van der Waals surface area (Å²) in [5.74, 6) is 2.64. The highest BCUT2D eigenvalue weighted by Crippen LogP contribution is 2.27. The molecule has 0 bridgehead atoms. The van der Waals surface area contributed by atoms with E-state index in [0.717, 1.165) is 37.6 Å². The highest BCUT2D eigenvalue weighted by Gasteiger charge is 2.24. The lowest BCUT2D eigenvalue weighted by molar-refractivity contribution is -0.120. The smallest absolute Gasteiger partial charge is 0.219 e. The molecule has 3 rings (SSSR count). The van der Waals surface area contributed by atoms with Crippen molar-refractivity contribution in [2.24, 2.45) is 5.92 Å². The Morgan fingerprint density at radius 2 is 2.23 bits per heavy atom. The van der Waals surface area contributed by atoms with Crippen LogP contribution in [0, 0.1) is 5.92 Å². The molecule has 1 amide bonds. The van der Waals surface area contributed by atoms with Gasteiger partial charge in [0.15, 0.2) is 0 Å². The number of nitrogens with one attached hydrogen (secondary N) is 2. The van der Waals surface area contributed by atoms with Crippen LogP contribution in [0.3, 0.4) is 0 Å². The number of anilines is 2. The summed E-state index contributed by atoms with van der Waals surface area (Å²) in [6.45, 7) is 2.02. The van der Waals surface area contributed by atoms with Gasteiger partial charge in [-0.3, -0.25) is 4.79 Å². The Hall–Kier alpha value is -1.85. The fourth-order valence-electron chi connectivity index (χ4n) is 3.00. The Kier molecular flexibility index (Phi) is 4.75. The van der Waals surface area contributed by atoms with Crippen LogP contribution in [0.1, 0.15) is 38.5 Å². The molecule has 2 fully saturated rings. The summed E-state index contributed by atoms with van der Waals surface area (Å²) >= 11 is 0. The van der Waals surface area contributed by atoms with Crippen LogP contribution in [0.15, 0.2) is 12.4 Å². The van der Waals surface area contributed by atoms with Crippen LogP contribution in [0.4, 0.5) is 11.6 Å². The second kappa shape index (κ2) is 6.94. The van der Waals surface area contributed by atoms with Crippen LogP contribution in [0.25, 0.3) is 0 Å². The molecule has 6 nitrogen and oxygen atoms in total. The third kappa shape index (κ3) is 4.08. The van der Waals surface area contributed by atoms with Gasteiger partial charge in [-0.1, -0.05) is 0 Å². The summed E-state index contributed by atoms with van der Waals surface area (Å²) in [6.07, 6.45) is 8.06. The normalized spacial score (nSPS) is 21.5. The van der Waals surface area contributed by atoms with E-state index < -0.39 is 0 Å². The second-order valence-electron chi connectivity index (χ2n) is 6.35. The molecule has 1 saturated heterocycles. The summed E-state index contributed by atoms with van der Waals surface area (Å²) in [7, 11) is 1.70. The Labute approximate surface area is 131 Å². The number of nitrogens with zero attached hydrogens (tertiary/aromatic N) is 3. The zero-order valence-electron chi connectivity index (χ0n) is 13.2. The Balaban J connectivity index is 1.57. The van der Waals surface area contributed by atoms with Gasteiger partial charge in [0.25, 0.3) is 0 Å². The number of carbonyl (C=O) groups is 1. The van der Waals surface area contributed by atoms with E-state index >= 15 is 0 Å². The molecule has 120 valence electrons. The van der Waals surface area contributed by atoms with Crippen LogP contribution in [0.5, 0.6) is 0 Å². The van der Waals surface area contributed by atoms with Crippen molar-refractivity contribution in [1.82, 2.24) is 15.3 Å². The molecular weight excluding hydrogens is 278 g/mol. The van der Waals surface area contributed by atoms with Crippen LogP contribution in [0.2, 0.25) is 0 Å². The number of amides is 1. The lowest BCUT2D eigenvalue weighted by Crippen LogP contribution is -2.36. The first-order chi connectivity index (χ1) is 10.7. The number of hydrogen-bond donors (Lipinski definition) is 2. The van der Waals surface area contributed by atoms with Crippen molar-refractivity contribution in [3.63, 3.8) is 0 Å². The summed E-state index contributed by atoms with van der Waals surface area (Å²) in [5, 5.41) is 6.12. The van der Waals surface area contributed by atoms with Gasteiger partial charge in [0.05, 0.1) is 0 Å². The van der Waals surface area contributed by atoms with E-state index in [9.17, 15) is 4.79 Å². The van der Waals surface area contributed by atoms with Crippen molar-refractivity contribution in [2.45, 2.75) is 44.6 Å². The van der Waals surface area contributed by atoms with Crippen molar-refractivity contribution in [1.29, 1.82) is 0 Å². The molecule has 6 heteroatoms. The maximum Gasteiger partial charge on any atom is 0.219 e. The molecule has 0 spiro atoms. The minimum Gasteiger partial charge on any atom is -0.367 e. The summed E-state index contributed by atoms with van der Waals surface area (Å²) in [6, 6.07) is 2.66. The van der Waals surface area contributed by atoms with Crippen LogP contribution in [-0.4, -0.2) is 42.1 Å². The molecule has 22 heavy (non-hydrogen) atoms. The molecule has 1 atom stereocenters. The standard InChI is InChI=1S/C16H25N5O/c1-17-16(22)7-4-12-3-2-8-21(10-12)15-9-14(18-11-19-15)20-13-5-6-13/h9,11-13H,2-8,10H2,1H3,(H,17,22)(H,18,19,20)/t12-/m0/s1. The van der Waals surface area contributed by atoms with Gasteiger partial charge in [-0.25, -0.2) is 9.97 Å². The van der Waals surface area contributed by atoms with E-state index in [1.54, 1.807) is 13.4 Å². The quantitative estimate of drug-likeness (QED) is 0.838. The molecule has 1 aliphatic heterocycles. The predicted octanol–water partition coefficient (Wildman–Crippen LogP) is 1.79. The van der Waals surface area contributed by atoms with Gasteiger partial charge in [-0.15, -0.1) is 0 Å². The van der Waals surface area contributed by atoms with E-state index in [4.69, 9.17) is 0 Å². The fourth-order valence-corrected chi connectivity index (χ4v) is 3.00. The first kappa shape index (κ1) is 15.1. The van der Waals surface area contributed by atoms with Crippen molar-refractivity contribution in [2.75, 3.05) is 30.4 Å². The van der Waals surface area contributed by atoms with Gasteiger partial charge in [-0.2, -0.15) is 0 Å². The van der Waals surface area contributed by atoms with Gasteiger partial charge in [0.2, 0.25) is 5.91 Å². The van der Waals surface area contributed by atoms with E-state index in [-0.39, 0.29) is 5.91 Å². The number of carbonyl (C=O) groups excluding carboxylic acids is 1. The lowest BCUT2D eigenvalue weighted by atomic mass is 9.93. The molecule has 1 aromatic heterocycles. The zero-order chi connectivity index (χ0) is 15.4. The number of aromatic nitrogens is 2. The maximum absolute atomic E-state index is 11.4. The first-order valence-electron chi connectivity index (χ1n) is 8.28. The highest BCUT2D eigenvalue weighted by molar-refractivity contribution is 5.75. The maximum atomic E-state index is 11.4. The molecular formula is C16H25N5O. The van der Waals surface area contributed by atoms with Crippen LogP contribution < -0.4 is 15.5 Å². The molecule has 1 aliphatic carbocycles. The molecule has 1 saturated carbocycles. The average molecular weight is 303 g/mol. The van der Waals surface area contributed by atoms with E-state index in [1.165, 1.54) is 19.3 Å². The topological polar surface area (TPSA) is 70.2 Å². The lowest BCUT2D eigenvalue weighted by Gasteiger charge is -2.33. The number of hydrogen-bond acceptors (Lipinski definition) is 5. The Bertz CT molecular complexity index is 517. The molecule has 2 heterocycles. The third-order valence-corrected chi connectivity index (χ3v) is 4.48. The number of rotatable bonds is 6. The van der Waals surface area contributed by atoms with Crippen molar-refractivity contribution < 1.29 is 4.79 Å². The van der Waals surface area contributed by atoms with Gasteiger partial charge in [0.1, 0.15) is 18.0 Å². The summed E-state index contributed by atoms with van der Waals surface area (Å²) in [4.78, 5) is 22.5. The zero-order valence-corrected chi connectivity index (χ0v) is 13.2. The van der Waals surface area contributed by atoms with Crippen LogP contribution >= 0.6 is 0 Å². The Morgan fingerprint density at radius 3 is 3.00 bits per heavy atom. The fraction of sp³-hybridized carbons (Fsp3) is 0.688. The van der Waals surface area contributed by atoms with Gasteiger partial charge < -0.3 is 15.5 Å². The van der Waals surface area contributed by atoms with E-state index in [0.29, 0.717) is 18.4 Å². The van der Waals surface area contributed by atoms with Gasteiger partial charge >= 0.3 is 0 Å². The molecule has 0 unspecified atom stereocenters. The van der Waals surface area contributed by atoms with Gasteiger partial charge in [0, 0.05) is 38.7 Å². The molecule has 1 aromatic rings. The minimum atomic E-state index is 0.134. The van der Waals surface area contributed by atoms with Gasteiger partial charge in [-0.05, 0) is 38.0 Å². The summed E-state index contributed by atoms with van der Waals surface area (Å²) in [5.41, 5.74) is 0. The first-order valence-corrected chi connectivity index (χ1v) is 8.28. The minimum absolute atomic E-state index is 0.134. The molecule has 2 aliphatic rings. The highest BCUT2D eigenvalue weighted by atomic mass is 16.1. The third-order valence-electron chi connectivity index (χ3n) is 4.48. The van der Waals surface area contributed by atoms with E-state index in [1.807, 2.05) is 0 Å². The summed E-state index contributed by atoms with van der Waals surface area (Å²) < 4.78 is 0. The predicted molar refractivity (Wildman–Crippen MR) is 86.9 cm³/mol. The monoisotopic (exact) mass is 303 g/mol. The second-order valence-corrected chi connectivity index (χ2v) is 6.35. The Morgan fingerprint density at radius 1 is 1.36 bits per heavy atom. The molecule has 0 radical (unpaired) electrons. The van der Waals surface area contributed by atoms with Crippen LogP contribution in [-0.2, 0) is 4.79 Å².